The lowest BCUT2D eigenvalue weighted by atomic mass is 9.79. The fourth-order valence-electron chi connectivity index (χ4n) is 4.29. The van der Waals surface area contributed by atoms with Crippen molar-refractivity contribution in [3.8, 4) is 6.07 Å². The first-order chi connectivity index (χ1) is 12.8. The molecule has 2 unspecified atom stereocenters. The molecule has 3 aliphatic carbocycles. The van der Waals surface area contributed by atoms with Gasteiger partial charge in [-0.15, -0.1) is 0 Å². The number of rotatable bonds is 6. The summed E-state index contributed by atoms with van der Waals surface area (Å²) in [6.45, 7) is 0. The van der Waals surface area contributed by atoms with Gasteiger partial charge in [0.15, 0.2) is 0 Å². The van der Waals surface area contributed by atoms with Gasteiger partial charge in [-0.3, -0.25) is 0 Å². The van der Waals surface area contributed by atoms with Gasteiger partial charge in [-0.25, -0.2) is 0 Å². The standard InChI is InChI=1S/C25H25N/c26-18-21-11-9-19(10-12-21)5-1-2-6-20-13-15-25-23(17-20)14-16-24(25)22-7-3-4-8-22/h3,7-16,20,25H,1-2,4-6,17H2. The molecule has 3 aliphatic rings. The minimum atomic E-state index is 0.527. The van der Waals surface area contributed by atoms with Crippen LogP contribution in [0.4, 0.5) is 0 Å². The molecule has 0 heterocycles. The molecule has 26 heavy (non-hydrogen) atoms. The van der Waals surface area contributed by atoms with E-state index in [1.54, 1.807) is 5.57 Å². The Morgan fingerprint density at radius 1 is 1.04 bits per heavy atom. The summed E-state index contributed by atoms with van der Waals surface area (Å²) < 4.78 is 0. The summed E-state index contributed by atoms with van der Waals surface area (Å²) in [6, 6.07) is 10.2. The lowest BCUT2D eigenvalue weighted by molar-refractivity contribution is 0.513. The number of hydrogen-bond donors (Lipinski definition) is 0. The summed E-state index contributed by atoms with van der Waals surface area (Å²) >= 11 is 0. The topological polar surface area (TPSA) is 23.8 Å². The van der Waals surface area contributed by atoms with Gasteiger partial charge in [0.2, 0.25) is 0 Å². The highest BCUT2D eigenvalue weighted by molar-refractivity contribution is 5.55. The van der Waals surface area contributed by atoms with Crippen LogP contribution < -0.4 is 0 Å². The molecule has 0 saturated carbocycles. The van der Waals surface area contributed by atoms with E-state index in [0.717, 1.165) is 18.4 Å². The highest BCUT2D eigenvalue weighted by atomic mass is 14.3. The van der Waals surface area contributed by atoms with Crippen molar-refractivity contribution in [2.75, 3.05) is 0 Å². The van der Waals surface area contributed by atoms with Crippen LogP contribution in [0.15, 0.2) is 83.5 Å². The van der Waals surface area contributed by atoms with Crippen LogP contribution >= 0.6 is 0 Å². The van der Waals surface area contributed by atoms with Gasteiger partial charge in [-0.1, -0.05) is 66.7 Å². The Hall–Kier alpha value is -2.59. The molecular weight excluding hydrogens is 314 g/mol. The summed E-state index contributed by atoms with van der Waals surface area (Å²) in [7, 11) is 0. The minimum absolute atomic E-state index is 0.527. The van der Waals surface area contributed by atoms with Crippen molar-refractivity contribution in [3.63, 3.8) is 0 Å². The minimum Gasteiger partial charge on any atom is -0.192 e. The maximum atomic E-state index is 8.86. The third kappa shape index (κ3) is 3.65. The van der Waals surface area contributed by atoms with Crippen LogP contribution in [-0.2, 0) is 6.42 Å². The maximum absolute atomic E-state index is 8.86. The van der Waals surface area contributed by atoms with Crippen molar-refractivity contribution in [1.29, 1.82) is 5.26 Å². The van der Waals surface area contributed by atoms with Gasteiger partial charge >= 0.3 is 0 Å². The van der Waals surface area contributed by atoms with Gasteiger partial charge < -0.3 is 0 Å². The molecule has 1 nitrogen and oxygen atoms in total. The summed E-state index contributed by atoms with van der Waals surface area (Å²) in [5, 5.41) is 8.86. The highest BCUT2D eigenvalue weighted by Gasteiger charge is 2.27. The predicted octanol–water partition coefficient (Wildman–Crippen LogP) is 6.22. The van der Waals surface area contributed by atoms with Gasteiger partial charge in [0, 0.05) is 5.92 Å². The van der Waals surface area contributed by atoms with Crippen LogP contribution in [0.25, 0.3) is 0 Å². The van der Waals surface area contributed by atoms with E-state index in [9.17, 15) is 0 Å². The fourth-order valence-corrected chi connectivity index (χ4v) is 4.29. The molecule has 0 bridgehead atoms. The first kappa shape index (κ1) is 16.9. The SMILES string of the molecule is N#Cc1ccc(CCCCC2C=CC3C(=CC=C3C3=CCC=C3)C2)cc1. The van der Waals surface area contributed by atoms with Crippen LogP contribution in [0, 0.1) is 23.2 Å². The second kappa shape index (κ2) is 7.75. The monoisotopic (exact) mass is 339 g/mol. The van der Waals surface area contributed by atoms with Gasteiger partial charge in [0.05, 0.1) is 11.6 Å². The van der Waals surface area contributed by atoms with E-state index < -0.39 is 0 Å². The predicted molar refractivity (Wildman–Crippen MR) is 107 cm³/mol. The smallest absolute Gasteiger partial charge is 0.0991 e. The summed E-state index contributed by atoms with van der Waals surface area (Å²) in [5.74, 6) is 1.22. The van der Waals surface area contributed by atoms with Gasteiger partial charge in [-0.05, 0) is 66.9 Å². The number of hydrogen-bond acceptors (Lipinski definition) is 1. The quantitative estimate of drug-likeness (QED) is 0.446. The van der Waals surface area contributed by atoms with E-state index in [2.05, 4.69) is 60.7 Å². The van der Waals surface area contributed by atoms with Crippen molar-refractivity contribution in [2.45, 2.75) is 38.5 Å². The first-order valence-corrected chi connectivity index (χ1v) is 9.78. The van der Waals surface area contributed by atoms with Crippen LogP contribution in [0.5, 0.6) is 0 Å². The Kier molecular flexibility index (Phi) is 5.02. The molecule has 4 rings (SSSR count). The molecular formula is C25H25N. The van der Waals surface area contributed by atoms with Gasteiger partial charge in [-0.2, -0.15) is 5.26 Å². The van der Waals surface area contributed by atoms with Crippen LogP contribution in [-0.4, -0.2) is 0 Å². The van der Waals surface area contributed by atoms with Crippen molar-refractivity contribution in [3.05, 3.63) is 94.6 Å². The Morgan fingerprint density at radius 2 is 1.92 bits per heavy atom. The molecule has 1 aromatic carbocycles. The number of nitriles is 1. The van der Waals surface area contributed by atoms with E-state index in [1.165, 1.54) is 42.4 Å². The zero-order valence-electron chi connectivity index (χ0n) is 15.2. The number of benzene rings is 1. The number of allylic oxidation sites excluding steroid dienone is 10. The molecule has 0 radical (unpaired) electrons. The molecule has 0 amide bonds. The Labute approximate surface area is 156 Å². The molecule has 0 fully saturated rings. The summed E-state index contributed by atoms with van der Waals surface area (Å²) in [5.41, 5.74) is 6.60. The lowest BCUT2D eigenvalue weighted by Crippen LogP contribution is -2.12. The van der Waals surface area contributed by atoms with Crippen LogP contribution in [0.1, 0.15) is 43.2 Å². The molecule has 0 aliphatic heterocycles. The van der Waals surface area contributed by atoms with Crippen LogP contribution in [0.3, 0.4) is 0 Å². The molecule has 0 N–H and O–H groups in total. The molecule has 130 valence electrons. The average molecular weight is 339 g/mol. The Morgan fingerprint density at radius 3 is 2.69 bits per heavy atom. The fraction of sp³-hybridized carbons (Fsp3) is 0.320. The molecule has 0 saturated heterocycles. The first-order valence-electron chi connectivity index (χ1n) is 9.78. The second-order valence-corrected chi connectivity index (χ2v) is 7.54. The maximum Gasteiger partial charge on any atom is 0.0991 e. The summed E-state index contributed by atoms with van der Waals surface area (Å²) in [6.07, 6.45) is 23.6. The zero-order valence-corrected chi connectivity index (χ0v) is 15.2. The van der Waals surface area contributed by atoms with Crippen molar-refractivity contribution in [1.82, 2.24) is 0 Å². The molecule has 0 aromatic heterocycles. The van der Waals surface area contributed by atoms with E-state index in [4.69, 9.17) is 5.26 Å². The number of fused-ring (bicyclic) bond motifs is 1. The number of unbranched alkanes of at least 4 members (excludes halogenated alkanes) is 1. The molecule has 2 atom stereocenters. The second-order valence-electron chi connectivity index (χ2n) is 7.54. The van der Waals surface area contributed by atoms with E-state index in [-0.39, 0.29) is 0 Å². The number of aryl methyl sites for hydroxylation is 1. The van der Waals surface area contributed by atoms with Crippen molar-refractivity contribution in [2.24, 2.45) is 11.8 Å². The Bertz CT molecular complexity index is 852. The Balaban J connectivity index is 1.25. The average Bonchev–Trinajstić information content (AvgIpc) is 3.34. The largest absolute Gasteiger partial charge is 0.192 e. The normalized spacial score (nSPS) is 23.3. The van der Waals surface area contributed by atoms with Crippen molar-refractivity contribution >= 4 is 0 Å². The third-order valence-electron chi connectivity index (χ3n) is 5.76. The van der Waals surface area contributed by atoms with E-state index in [1.807, 2.05) is 12.1 Å². The zero-order chi connectivity index (χ0) is 17.8. The number of nitrogens with zero attached hydrogens (tertiary/aromatic N) is 1. The molecule has 0 spiro atoms. The van der Waals surface area contributed by atoms with Gasteiger partial charge in [0.1, 0.15) is 0 Å². The highest BCUT2D eigenvalue weighted by Crippen LogP contribution is 2.42. The van der Waals surface area contributed by atoms with Crippen LogP contribution in [0.2, 0.25) is 0 Å². The third-order valence-corrected chi connectivity index (χ3v) is 5.76. The molecule has 1 aromatic rings. The van der Waals surface area contributed by atoms with Gasteiger partial charge in [0.25, 0.3) is 0 Å². The van der Waals surface area contributed by atoms with E-state index in [0.29, 0.717) is 11.8 Å². The summed E-state index contributed by atoms with van der Waals surface area (Å²) in [4.78, 5) is 0. The lowest BCUT2D eigenvalue weighted by Gasteiger charge is -2.25. The van der Waals surface area contributed by atoms with Crippen molar-refractivity contribution < 1.29 is 0 Å². The molecule has 1 heteroatoms. The van der Waals surface area contributed by atoms with E-state index >= 15 is 0 Å².